The van der Waals surface area contributed by atoms with Crippen molar-refractivity contribution in [2.45, 2.75) is 6.54 Å². The highest BCUT2D eigenvalue weighted by atomic mass is 32.1. The summed E-state index contributed by atoms with van der Waals surface area (Å²) in [5.41, 5.74) is 5.78. The summed E-state index contributed by atoms with van der Waals surface area (Å²) in [7, 11) is 0. The summed E-state index contributed by atoms with van der Waals surface area (Å²) in [6, 6.07) is 15.1. The molecule has 8 heteroatoms. The maximum atomic E-state index is 13.4. The van der Waals surface area contributed by atoms with Gasteiger partial charge in [0.1, 0.15) is 5.82 Å². The Morgan fingerprint density at radius 1 is 0.920 bits per heavy atom. The van der Waals surface area contributed by atoms with Crippen LogP contribution in [0.15, 0.2) is 54.6 Å². The lowest BCUT2D eigenvalue weighted by Crippen LogP contribution is -2.49. The lowest BCUT2D eigenvalue weighted by Gasteiger charge is -2.12. The van der Waals surface area contributed by atoms with Crippen LogP contribution in [0.1, 0.15) is 15.9 Å². The molecule has 2 rings (SSSR count). The van der Waals surface area contributed by atoms with E-state index in [-0.39, 0.29) is 17.2 Å². The van der Waals surface area contributed by atoms with Gasteiger partial charge in [-0.15, -0.1) is 0 Å². The van der Waals surface area contributed by atoms with E-state index in [9.17, 15) is 14.0 Å². The normalized spacial score (nSPS) is 9.80. The lowest BCUT2D eigenvalue weighted by molar-refractivity contribution is -0.120. The average molecular weight is 360 g/mol. The third-order valence-corrected chi connectivity index (χ3v) is 3.39. The Labute approximate surface area is 149 Å². The number of carbonyl (C=O) groups is 2. The maximum absolute atomic E-state index is 13.4. The number of nitrogens with one attached hydrogen (secondary N) is 4. The number of thiocarbonyl (C=S) groups is 1. The molecule has 0 saturated carbocycles. The van der Waals surface area contributed by atoms with Gasteiger partial charge in [0.15, 0.2) is 5.11 Å². The Kier molecular flexibility index (Phi) is 6.85. The standard InChI is InChI=1S/C17H17FN4O2S/c18-14-9-5-4-8-13(14)16(24)19-11-15(23)21-22-17(25)20-10-12-6-2-1-3-7-12/h1-9H,10-11H2,(H,19,24)(H,21,23)(H2,20,22,25). The zero-order chi connectivity index (χ0) is 18.1. The van der Waals surface area contributed by atoms with Crippen LogP contribution in [0.3, 0.4) is 0 Å². The van der Waals surface area contributed by atoms with Gasteiger partial charge in [0.2, 0.25) is 0 Å². The molecule has 2 aromatic rings. The second kappa shape index (κ2) is 9.33. The number of hydrogen-bond acceptors (Lipinski definition) is 3. The number of amides is 2. The minimum Gasteiger partial charge on any atom is -0.357 e. The molecule has 130 valence electrons. The fourth-order valence-corrected chi connectivity index (χ4v) is 2.02. The van der Waals surface area contributed by atoms with Gasteiger partial charge in [-0.25, -0.2) is 4.39 Å². The first-order chi connectivity index (χ1) is 12.1. The van der Waals surface area contributed by atoms with E-state index in [1.807, 2.05) is 30.3 Å². The number of hydrazine groups is 1. The second-order valence-electron chi connectivity index (χ2n) is 5.00. The minimum absolute atomic E-state index is 0.122. The van der Waals surface area contributed by atoms with Crippen molar-refractivity contribution in [1.29, 1.82) is 0 Å². The van der Waals surface area contributed by atoms with Crippen LogP contribution < -0.4 is 21.5 Å². The summed E-state index contributed by atoms with van der Waals surface area (Å²) in [6.07, 6.45) is 0. The molecule has 0 heterocycles. The molecule has 0 spiro atoms. The summed E-state index contributed by atoms with van der Waals surface area (Å²) in [6.45, 7) is 0.189. The summed E-state index contributed by atoms with van der Waals surface area (Å²) in [4.78, 5) is 23.5. The zero-order valence-corrected chi connectivity index (χ0v) is 14.0. The van der Waals surface area contributed by atoms with E-state index in [2.05, 4.69) is 21.5 Å². The van der Waals surface area contributed by atoms with Crippen molar-refractivity contribution < 1.29 is 14.0 Å². The molecule has 2 aromatic carbocycles. The second-order valence-corrected chi connectivity index (χ2v) is 5.41. The number of carbonyl (C=O) groups excluding carboxylic acids is 2. The van der Waals surface area contributed by atoms with Crippen molar-refractivity contribution in [3.63, 3.8) is 0 Å². The predicted octanol–water partition coefficient (Wildman–Crippen LogP) is 1.25. The Morgan fingerprint density at radius 2 is 1.60 bits per heavy atom. The van der Waals surface area contributed by atoms with Crippen molar-refractivity contribution in [2.24, 2.45) is 0 Å². The van der Waals surface area contributed by atoms with Crippen LogP contribution in [0, 0.1) is 5.82 Å². The van der Waals surface area contributed by atoms with Crippen LogP contribution >= 0.6 is 12.2 Å². The van der Waals surface area contributed by atoms with Gasteiger partial charge in [-0.3, -0.25) is 20.4 Å². The zero-order valence-electron chi connectivity index (χ0n) is 13.2. The largest absolute Gasteiger partial charge is 0.357 e. The van der Waals surface area contributed by atoms with Gasteiger partial charge in [-0.2, -0.15) is 0 Å². The van der Waals surface area contributed by atoms with Crippen LogP contribution in [0.5, 0.6) is 0 Å². The van der Waals surface area contributed by atoms with E-state index >= 15 is 0 Å². The van der Waals surface area contributed by atoms with Crippen LogP contribution in [0.25, 0.3) is 0 Å². The first kappa shape index (κ1) is 18.3. The Hall–Kier alpha value is -3.00. The quantitative estimate of drug-likeness (QED) is 0.477. The van der Waals surface area contributed by atoms with E-state index in [1.165, 1.54) is 24.3 Å². The molecular weight excluding hydrogens is 343 g/mol. The van der Waals surface area contributed by atoms with Crippen molar-refractivity contribution in [3.05, 3.63) is 71.5 Å². The number of benzene rings is 2. The third-order valence-electron chi connectivity index (χ3n) is 3.14. The number of rotatable bonds is 5. The number of halogens is 1. The van der Waals surface area contributed by atoms with E-state index < -0.39 is 17.6 Å². The molecule has 0 atom stereocenters. The molecule has 0 fully saturated rings. The van der Waals surface area contributed by atoms with E-state index in [4.69, 9.17) is 12.2 Å². The first-order valence-corrected chi connectivity index (χ1v) is 7.86. The van der Waals surface area contributed by atoms with Gasteiger partial charge in [0.25, 0.3) is 11.8 Å². The Morgan fingerprint density at radius 3 is 2.32 bits per heavy atom. The summed E-state index contributed by atoms with van der Waals surface area (Å²) >= 11 is 5.03. The lowest BCUT2D eigenvalue weighted by atomic mass is 10.2. The maximum Gasteiger partial charge on any atom is 0.257 e. The Bertz CT molecular complexity index is 755. The van der Waals surface area contributed by atoms with Gasteiger partial charge in [-0.1, -0.05) is 42.5 Å². The molecule has 2 amide bonds. The molecule has 0 aromatic heterocycles. The molecule has 0 aliphatic heterocycles. The van der Waals surface area contributed by atoms with Gasteiger partial charge in [0, 0.05) is 6.54 Å². The highest BCUT2D eigenvalue weighted by Gasteiger charge is 2.11. The van der Waals surface area contributed by atoms with Crippen molar-refractivity contribution in [3.8, 4) is 0 Å². The molecule has 0 aliphatic rings. The molecule has 6 nitrogen and oxygen atoms in total. The summed E-state index contributed by atoms with van der Waals surface area (Å²) < 4.78 is 13.4. The highest BCUT2D eigenvalue weighted by Crippen LogP contribution is 2.05. The fourth-order valence-electron chi connectivity index (χ4n) is 1.89. The van der Waals surface area contributed by atoms with Gasteiger partial charge < -0.3 is 10.6 Å². The molecule has 0 bridgehead atoms. The summed E-state index contributed by atoms with van der Waals surface area (Å²) in [5, 5.41) is 5.48. The third kappa shape index (κ3) is 6.19. The number of hydrogen-bond donors (Lipinski definition) is 4. The van der Waals surface area contributed by atoms with E-state index in [0.29, 0.717) is 6.54 Å². The molecule has 25 heavy (non-hydrogen) atoms. The molecule has 0 aliphatic carbocycles. The topological polar surface area (TPSA) is 82.3 Å². The smallest absolute Gasteiger partial charge is 0.257 e. The van der Waals surface area contributed by atoms with E-state index in [1.54, 1.807) is 0 Å². The van der Waals surface area contributed by atoms with Gasteiger partial charge >= 0.3 is 0 Å². The molecule has 0 saturated heterocycles. The van der Waals surface area contributed by atoms with Crippen molar-refractivity contribution in [2.75, 3.05) is 6.54 Å². The summed E-state index contributed by atoms with van der Waals surface area (Å²) in [5.74, 6) is -1.84. The molecular formula is C17H17FN4O2S. The van der Waals surface area contributed by atoms with Crippen LogP contribution in [-0.4, -0.2) is 23.5 Å². The van der Waals surface area contributed by atoms with Crippen LogP contribution in [0.4, 0.5) is 4.39 Å². The molecule has 0 unspecified atom stereocenters. The van der Waals surface area contributed by atoms with Crippen LogP contribution in [0.2, 0.25) is 0 Å². The van der Waals surface area contributed by atoms with Gasteiger partial charge in [0.05, 0.1) is 12.1 Å². The average Bonchev–Trinajstić information content (AvgIpc) is 2.64. The SMILES string of the molecule is O=C(CNC(=O)c1ccccc1F)NNC(=S)NCc1ccccc1. The van der Waals surface area contributed by atoms with Crippen LogP contribution in [-0.2, 0) is 11.3 Å². The minimum atomic E-state index is -0.668. The monoisotopic (exact) mass is 360 g/mol. The Balaban J connectivity index is 1.67. The fraction of sp³-hybridized carbons (Fsp3) is 0.118. The van der Waals surface area contributed by atoms with Crippen molar-refractivity contribution >= 4 is 29.1 Å². The van der Waals surface area contributed by atoms with E-state index in [0.717, 1.165) is 5.56 Å². The predicted molar refractivity (Wildman–Crippen MR) is 95.9 cm³/mol. The molecule has 4 N–H and O–H groups in total. The van der Waals surface area contributed by atoms with Crippen molar-refractivity contribution in [1.82, 2.24) is 21.5 Å². The van der Waals surface area contributed by atoms with Gasteiger partial charge in [-0.05, 0) is 29.9 Å². The first-order valence-electron chi connectivity index (χ1n) is 7.45. The highest BCUT2D eigenvalue weighted by molar-refractivity contribution is 7.80. The molecule has 0 radical (unpaired) electrons.